The SMILES string of the molecule is CC(=O)Nc1ccc(Sc2ncccc2C(=O)NCCCN(C)C)cc1. The van der Waals surface area contributed by atoms with E-state index in [1.807, 2.05) is 38.4 Å². The fraction of sp³-hybridized carbons (Fsp3) is 0.316. The molecule has 0 aliphatic rings. The van der Waals surface area contributed by atoms with E-state index in [1.165, 1.54) is 18.7 Å². The quantitative estimate of drug-likeness (QED) is 0.697. The molecule has 1 heterocycles. The van der Waals surface area contributed by atoms with Gasteiger partial charge in [0, 0.05) is 30.2 Å². The summed E-state index contributed by atoms with van der Waals surface area (Å²) < 4.78 is 0. The summed E-state index contributed by atoms with van der Waals surface area (Å²) in [5.41, 5.74) is 1.30. The van der Waals surface area contributed by atoms with Gasteiger partial charge in [-0.05, 0) is 63.5 Å². The van der Waals surface area contributed by atoms with Crippen molar-refractivity contribution in [2.45, 2.75) is 23.3 Å². The molecule has 0 aliphatic heterocycles. The van der Waals surface area contributed by atoms with Gasteiger partial charge in [0.25, 0.3) is 5.91 Å². The molecular weight excluding hydrogens is 348 g/mol. The molecule has 0 radical (unpaired) electrons. The summed E-state index contributed by atoms with van der Waals surface area (Å²) in [5.74, 6) is -0.224. The van der Waals surface area contributed by atoms with Gasteiger partial charge in [-0.1, -0.05) is 11.8 Å². The van der Waals surface area contributed by atoms with Crippen molar-refractivity contribution in [2.24, 2.45) is 0 Å². The van der Waals surface area contributed by atoms with Crippen molar-refractivity contribution >= 4 is 29.3 Å². The number of aromatic nitrogens is 1. The third-order valence-corrected chi connectivity index (χ3v) is 4.50. The molecule has 2 amide bonds. The molecule has 1 aromatic carbocycles. The van der Waals surface area contributed by atoms with Crippen LogP contribution in [-0.2, 0) is 4.79 Å². The summed E-state index contributed by atoms with van der Waals surface area (Å²) in [6, 6.07) is 11.0. The zero-order valence-corrected chi connectivity index (χ0v) is 16.1. The number of hydrogen-bond acceptors (Lipinski definition) is 5. The molecule has 26 heavy (non-hydrogen) atoms. The van der Waals surface area contributed by atoms with Crippen molar-refractivity contribution in [3.05, 3.63) is 48.2 Å². The molecule has 0 bridgehead atoms. The fourth-order valence-electron chi connectivity index (χ4n) is 2.26. The number of benzene rings is 1. The Morgan fingerprint density at radius 3 is 2.54 bits per heavy atom. The van der Waals surface area contributed by atoms with Crippen LogP contribution < -0.4 is 10.6 Å². The van der Waals surface area contributed by atoms with Gasteiger partial charge in [-0.25, -0.2) is 4.98 Å². The Bertz CT molecular complexity index is 747. The Kier molecular flexibility index (Phi) is 7.62. The van der Waals surface area contributed by atoms with Gasteiger partial charge in [0.1, 0.15) is 5.03 Å². The number of anilines is 1. The fourth-order valence-corrected chi connectivity index (χ4v) is 3.14. The van der Waals surface area contributed by atoms with Crippen molar-refractivity contribution in [1.82, 2.24) is 15.2 Å². The number of carbonyl (C=O) groups is 2. The van der Waals surface area contributed by atoms with Crippen molar-refractivity contribution < 1.29 is 9.59 Å². The Balaban J connectivity index is 2.01. The second kappa shape index (κ2) is 9.94. The molecule has 0 atom stereocenters. The summed E-state index contributed by atoms with van der Waals surface area (Å²) >= 11 is 1.42. The van der Waals surface area contributed by atoms with Crippen molar-refractivity contribution in [2.75, 3.05) is 32.5 Å². The molecule has 0 aliphatic carbocycles. The van der Waals surface area contributed by atoms with Gasteiger partial charge in [-0.3, -0.25) is 9.59 Å². The lowest BCUT2D eigenvalue weighted by Gasteiger charge is -2.11. The number of carbonyl (C=O) groups excluding carboxylic acids is 2. The normalized spacial score (nSPS) is 10.6. The monoisotopic (exact) mass is 372 g/mol. The molecule has 0 fully saturated rings. The number of nitrogens with zero attached hydrogens (tertiary/aromatic N) is 2. The van der Waals surface area contributed by atoms with E-state index in [-0.39, 0.29) is 11.8 Å². The van der Waals surface area contributed by atoms with Crippen molar-refractivity contribution in [3.8, 4) is 0 Å². The van der Waals surface area contributed by atoms with Crippen molar-refractivity contribution in [3.63, 3.8) is 0 Å². The average molecular weight is 372 g/mol. The Labute approximate surface area is 158 Å². The maximum absolute atomic E-state index is 12.5. The van der Waals surface area contributed by atoms with Crippen LogP contribution in [-0.4, -0.2) is 48.9 Å². The molecule has 1 aromatic heterocycles. The van der Waals surface area contributed by atoms with E-state index < -0.39 is 0 Å². The Morgan fingerprint density at radius 2 is 1.88 bits per heavy atom. The van der Waals surface area contributed by atoms with Gasteiger partial charge in [0.05, 0.1) is 5.56 Å². The van der Waals surface area contributed by atoms with Crippen LogP contribution in [0.2, 0.25) is 0 Å². The third kappa shape index (κ3) is 6.50. The molecule has 0 spiro atoms. The van der Waals surface area contributed by atoms with E-state index >= 15 is 0 Å². The van der Waals surface area contributed by atoms with Gasteiger partial charge in [-0.15, -0.1) is 0 Å². The van der Waals surface area contributed by atoms with Crippen LogP contribution in [0, 0.1) is 0 Å². The van der Waals surface area contributed by atoms with E-state index in [9.17, 15) is 9.59 Å². The second-order valence-corrected chi connectivity index (χ2v) is 7.14. The van der Waals surface area contributed by atoms with Crippen LogP contribution in [0.15, 0.2) is 52.5 Å². The van der Waals surface area contributed by atoms with Crippen LogP contribution in [0.1, 0.15) is 23.7 Å². The molecule has 6 nitrogen and oxygen atoms in total. The second-order valence-electron chi connectivity index (χ2n) is 6.08. The Morgan fingerprint density at radius 1 is 1.15 bits per heavy atom. The van der Waals surface area contributed by atoms with E-state index in [1.54, 1.807) is 18.3 Å². The summed E-state index contributed by atoms with van der Waals surface area (Å²) in [7, 11) is 4.02. The molecule has 7 heteroatoms. The summed E-state index contributed by atoms with van der Waals surface area (Å²) in [4.78, 5) is 30.9. The molecule has 2 rings (SSSR count). The highest BCUT2D eigenvalue weighted by atomic mass is 32.2. The summed E-state index contributed by atoms with van der Waals surface area (Å²) in [6.07, 6.45) is 2.57. The number of pyridine rings is 1. The van der Waals surface area contributed by atoms with Crippen molar-refractivity contribution in [1.29, 1.82) is 0 Å². The third-order valence-electron chi connectivity index (χ3n) is 3.47. The summed E-state index contributed by atoms with van der Waals surface area (Å²) in [6.45, 7) is 3.02. The molecule has 138 valence electrons. The smallest absolute Gasteiger partial charge is 0.254 e. The van der Waals surface area contributed by atoms with Gasteiger partial charge in [-0.2, -0.15) is 0 Å². The first-order valence-corrected chi connectivity index (χ1v) is 9.21. The molecule has 2 aromatic rings. The minimum Gasteiger partial charge on any atom is -0.352 e. The summed E-state index contributed by atoms with van der Waals surface area (Å²) in [5, 5.41) is 6.33. The van der Waals surface area contributed by atoms with Crippen LogP contribution in [0.4, 0.5) is 5.69 Å². The minimum absolute atomic E-state index is 0.108. The number of rotatable bonds is 8. The lowest BCUT2D eigenvalue weighted by molar-refractivity contribution is -0.114. The highest BCUT2D eigenvalue weighted by Gasteiger charge is 2.13. The number of hydrogen-bond donors (Lipinski definition) is 2. The minimum atomic E-state index is -0.116. The lowest BCUT2D eigenvalue weighted by atomic mass is 10.2. The maximum Gasteiger partial charge on any atom is 0.254 e. The topological polar surface area (TPSA) is 74.3 Å². The molecule has 0 saturated heterocycles. The van der Waals surface area contributed by atoms with E-state index in [0.29, 0.717) is 17.1 Å². The van der Waals surface area contributed by atoms with Crippen LogP contribution >= 0.6 is 11.8 Å². The number of amides is 2. The maximum atomic E-state index is 12.5. The first-order valence-electron chi connectivity index (χ1n) is 8.39. The van der Waals surface area contributed by atoms with Gasteiger partial charge < -0.3 is 15.5 Å². The Hall–Kier alpha value is -2.38. The van der Waals surface area contributed by atoms with Crippen LogP contribution in [0.5, 0.6) is 0 Å². The van der Waals surface area contributed by atoms with Gasteiger partial charge in [0.2, 0.25) is 5.91 Å². The molecule has 2 N–H and O–H groups in total. The first-order chi connectivity index (χ1) is 12.5. The van der Waals surface area contributed by atoms with E-state index in [2.05, 4.69) is 20.5 Å². The molecule has 0 unspecified atom stereocenters. The van der Waals surface area contributed by atoms with Gasteiger partial charge in [0.15, 0.2) is 0 Å². The first kappa shape index (κ1) is 19.9. The van der Waals surface area contributed by atoms with Crippen LogP contribution in [0.25, 0.3) is 0 Å². The largest absolute Gasteiger partial charge is 0.352 e. The van der Waals surface area contributed by atoms with E-state index in [4.69, 9.17) is 0 Å². The predicted octanol–water partition coefficient (Wildman–Crippen LogP) is 2.87. The molecule has 0 saturated carbocycles. The highest BCUT2D eigenvalue weighted by molar-refractivity contribution is 7.99. The zero-order chi connectivity index (χ0) is 18.9. The zero-order valence-electron chi connectivity index (χ0n) is 15.3. The van der Waals surface area contributed by atoms with E-state index in [0.717, 1.165) is 23.5 Å². The lowest BCUT2D eigenvalue weighted by Crippen LogP contribution is -2.27. The molecular formula is C19H24N4O2S. The average Bonchev–Trinajstić information content (AvgIpc) is 2.60. The standard InChI is InChI=1S/C19H24N4O2S/c1-14(24)22-15-7-9-16(10-8-15)26-19-17(6-4-11-21-19)18(25)20-12-5-13-23(2)3/h4,6-11H,5,12-13H2,1-3H3,(H,20,25)(H,22,24). The highest BCUT2D eigenvalue weighted by Crippen LogP contribution is 2.29. The van der Waals surface area contributed by atoms with Crippen LogP contribution in [0.3, 0.4) is 0 Å². The number of nitrogens with one attached hydrogen (secondary N) is 2. The van der Waals surface area contributed by atoms with Gasteiger partial charge >= 0.3 is 0 Å². The predicted molar refractivity (Wildman–Crippen MR) is 105 cm³/mol.